The first kappa shape index (κ1) is 19.1. The lowest BCUT2D eigenvalue weighted by atomic mass is 9.91. The Bertz CT molecular complexity index is 638. The number of piperidine rings is 1. The molecule has 0 aromatic carbocycles. The van der Waals surface area contributed by atoms with Crippen molar-refractivity contribution >= 4 is 23.3 Å². The maximum absolute atomic E-state index is 12.5. The van der Waals surface area contributed by atoms with Crippen molar-refractivity contribution in [2.75, 3.05) is 26.2 Å². The lowest BCUT2D eigenvalue weighted by Crippen LogP contribution is -2.49. The molecule has 144 valence electrons. The van der Waals surface area contributed by atoms with E-state index in [-0.39, 0.29) is 12.0 Å². The Morgan fingerprint density at radius 2 is 2.08 bits per heavy atom. The Morgan fingerprint density at radius 3 is 2.73 bits per heavy atom. The lowest BCUT2D eigenvalue weighted by Gasteiger charge is -2.37. The number of hydrogen-bond acceptors (Lipinski definition) is 5. The van der Waals surface area contributed by atoms with Gasteiger partial charge in [-0.15, -0.1) is 11.3 Å². The van der Waals surface area contributed by atoms with Crippen molar-refractivity contribution in [2.45, 2.75) is 64.4 Å². The molecule has 3 heterocycles. The second-order valence-corrected chi connectivity index (χ2v) is 8.51. The van der Waals surface area contributed by atoms with Gasteiger partial charge in [-0.3, -0.25) is 4.79 Å². The standard InChI is InChI=1S/C19H29N3O3S/c1-3-4-5-6-9-22-14-19(25-18(22)24)7-10-21(11-8-19)17(23)12-16-13-26-15(2)20-16/h13H,3-12,14H2,1-2H3. The molecule has 2 fully saturated rings. The minimum atomic E-state index is -0.393. The number of nitrogens with zero attached hydrogens (tertiary/aromatic N) is 3. The van der Waals surface area contributed by atoms with E-state index in [1.165, 1.54) is 12.8 Å². The molecule has 0 radical (unpaired) electrons. The van der Waals surface area contributed by atoms with Gasteiger partial charge in [0, 0.05) is 37.9 Å². The van der Waals surface area contributed by atoms with Gasteiger partial charge in [-0.2, -0.15) is 0 Å². The fourth-order valence-corrected chi connectivity index (χ4v) is 4.39. The molecule has 2 saturated heterocycles. The van der Waals surface area contributed by atoms with Crippen molar-refractivity contribution < 1.29 is 14.3 Å². The van der Waals surface area contributed by atoms with Crippen LogP contribution in [0.25, 0.3) is 0 Å². The topological polar surface area (TPSA) is 62.7 Å². The summed E-state index contributed by atoms with van der Waals surface area (Å²) in [4.78, 5) is 32.8. The Morgan fingerprint density at radius 1 is 1.31 bits per heavy atom. The number of unbranched alkanes of at least 4 members (excludes halogenated alkanes) is 3. The van der Waals surface area contributed by atoms with Crippen LogP contribution in [0, 0.1) is 6.92 Å². The SMILES string of the molecule is CCCCCCN1CC2(CCN(C(=O)Cc3csc(C)n3)CC2)OC1=O. The molecule has 0 N–H and O–H groups in total. The summed E-state index contributed by atoms with van der Waals surface area (Å²) in [5, 5.41) is 2.94. The van der Waals surface area contributed by atoms with E-state index in [1.807, 2.05) is 22.1 Å². The Balaban J connectivity index is 1.47. The molecule has 1 aromatic rings. The second kappa shape index (κ2) is 8.37. The van der Waals surface area contributed by atoms with Crippen LogP contribution in [-0.4, -0.2) is 58.6 Å². The van der Waals surface area contributed by atoms with E-state index >= 15 is 0 Å². The van der Waals surface area contributed by atoms with Gasteiger partial charge in [0.05, 0.1) is 23.7 Å². The summed E-state index contributed by atoms with van der Waals surface area (Å²) in [5.74, 6) is 0.117. The highest BCUT2D eigenvalue weighted by atomic mass is 32.1. The van der Waals surface area contributed by atoms with Gasteiger partial charge in [0.25, 0.3) is 0 Å². The Kier molecular flexibility index (Phi) is 6.16. The van der Waals surface area contributed by atoms with Crippen molar-refractivity contribution in [1.82, 2.24) is 14.8 Å². The zero-order valence-electron chi connectivity index (χ0n) is 15.8. The van der Waals surface area contributed by atoms with Crippen molar-refractivity contribution in [1.29, 1.82) is 0 Å². The van der Waals surface area contributed by atoms with Crippen LogP contribution < -0.4 is 0 Å². The predicted octanol–water partition coefficient (Wildman–Crippen LogP) is 3.39. The van der Waals surface area contributed by atoms with E-state index in [2.05, 4.69) is 11.9 Å². The van der Waals surface area contributed by atoms with Crippen LogP contribution >= 0.6 is 11.3 Å². The van der Waals surface area contributed by atoms with Gasteiger partial charge in [0.1, 0.15) is 5.60 Å². The molecular formula is C19H29N3O3S. The number of rotatable bonds is 7. The summed E-state index contributed by atoms with van der Waals surface area (Å²) in [7, 11) is 0. The van der Waals surface area contributed by atoms with Crippen molar-refractivity contribution in [2.24, 2.45) is 0 Å². The second-order valence-electron chi connectivity index (χ2n) is 7.45. The first-order chi connectivity index (χ1) is 12.5. The minimum absolute atomic E-state index is 0.117. The molecule has 6 nitrogen and oxygen atoms in total. The van der Waals surface area contributed by atoms with E-state index in [4.69, 9.17) is 4.74 Å². The zero-order valence-corrected chi connectivity index (χ0v) is 16.6. The Hall–Kier alpha value is -1.63. The Labute approximate surface area is 159 Å². The molecule has 1 aromatic heterocycles. The highest BCUT2D eigenvalue weighted by Crippen LogP contribution is 2.33. The summed E-state index contributed by atoms with van der Waals surface area (Å²) >= 11 is 1.57. The van der Waals surface area contributed by atoms with Crippen molar-refractivity contribution in [3.8, 4) is 0 Å². The third kappa shape index (κ3) is 4.55. The molecule has 0 saturated carbocycles. The first-order valence-electron chi connectivity index (χ1n) is 9.68. The van der Waals surface area contributed by atoms with Gasteiger partial charge in [-0.05, 0) is 13.3 Å². The first-order valence-corrected chi connectivity index (χ1v) is 10.6. The van der Waals surface area contributed by atoms with Gasteiger partial charge in [0.15, 0.2) is 0 Å². The highest BCUT2D eigenvalue weighted by molar-refractivity contribution is 7.09. The van der Waals surface area contributed by atoms with Crippen LogP contribution in [0.3, 0.4) is 0 Å². The highest BCUT2D eigenvalue weighted by Gasteiger charge is 2.47. The summed E-state index contributed by atoms with van der Waals surface area (Å²) < 4.78 is 5.75. The normalized spacial score (nSPS) is 19.2. The summed E-state index contributed by atoms with van der Waals surface area (Å²) in [6.45, 7) is 6.89. The fraction of sp³-hybridized carbons (Fsp3) is 0.737. The number of aryl methyl sites for hydroxylation is 1. The molecule has 0 atom stereocenters. The number of carbonyl (C=O) groups excluding carboxylic acids is 2. The summed E-state index contributed by atoms with van der Waals surface area (Å²) in [6, 6.07) is 0. The third-order valence-corrected chi connectivity index (χ3v) is 6.17. The third-order valence-electron chi connectivity index (χ3n) is 5.35. The molecule has 3 rings (SSSR count). The lowest BCUT2D eigenvalue weighted by molar-refractivity contribution is -0.133. The number of thiazole rings is 1. The zero-order chi connectivity index (χ0) is 18.6. The van der Waals surface area contributed by atoms with E-state index < -0.39 is 5.60 Å². The molecule has 7 heteroatoms. The van der Waals surface area contributed by atoms with Gasteiger partial charge < -0.3 is 14.5 Å². The van der Waals surface area contributed by atoms with Gasteiger partial charge in [-0.25, -0.2) is 9.78 Å². The number of ether oxygens (including phenoxy) is 1. The van der Waals surface area contributed by atoms with Crippen molar-refractivity contribution in [3.63, 3.8) is 0 Å². The molecule has 0 unspecified atom stereocenters. The van der Waals surface area contributed by atoms with Gasteiger partial charge in [0.2, 0.25) is 5.91 Å². The summed E-state index contributed by atoms with van der Waals surface area (Å²) in [6.07, 6.45) is 6.24. The van der Waals surface area contributed by atoms with Crippen LogP contribution in [0.15, 0.2) is 5.38 Å². The van der Waals surface area contributed by atoms with Crippen molar-refractivity contribution in [3.05, 3.63) is 16.1 Å². The number of carbonyl (C=O) groups is 2. The number of hydrogen-bond donors (Lipinski definition) is 0. The van der Waals surface area contributed by atoms with Crippen LogP contribution in [0.5, 0.6) is 0 Å². The average molecular weight is 380 g/mol. The van der Waals surface area contributed by atoms with E-state index in [0.717, 1.165) is 42.9 Å². The van der Waals surface area contributed by atoms with Gasteiger partial charge in [-0.1, -0.05) is 26.2 Å². The molecule has 2 aliphatic rings. The summed E-state index contributed by atoms with van der Waals surface area (Å²) in [5.41, 5.74) is 0.457. The molecule has 2 amide bonds. The van der Waals surface area contributed by atoms with E-state index in [0.29, 0.717) is 26.1 Å². The average Bonchev–Trinajstić information content (AvgIpc) is 3.15. The van der Waals surface area contributed by atoms with E-state index in [9.17, 15) is 9.59 Å². The molecule has 1 spiro atoms. The monoisotopic (exact) mass is 379 g/mol. The van der Waals surface area contributed by atoms with Crippen LogP contribution in [0.4, 0.5) is 4.79 Å². The quantitative estimate of drug-likeness (QED) is 0.681. The fourth-order valence-electron chi connectivity index (χ4n) is 3.77. The maximum Gasteiger partial charge on any atom is 0.410 e. The largest absolute Gasteiger partial charge is 0.441 e. The van der Waals surface area contributed by atoms with Crippen LogP contribution in [0.1, 0.15) is 56.2 Å². The molecule has 0 bridgehead atoms. The number of aromatic nitrogens is 1. The maximum atomic E-state index is 12.5. The smallest absolute Gasteiger partial charge is 0.410 e. The number of likely N-dealkylation sites (tertiary alicyclic amines) is 1. The minimum Gasteiger partial charge on any atom is -0.441 e. The number of amides is 2. The van der Waals surface area contributed by atoms with Crippen LogP contribution in [-0.2, 0) is 16.0 Å². The molecular weight excluding hydrogens is 350 g/mol. The predicted molar refractivity (Wildman–Crippen MR) is 101 cm³/mol. The van der Waals surface area contributed by atoms with E-state index in [1.54, 1.807) is 11.3 Å². The van der Waals surface area contributed by atoms with Gasteiger partial charge >= 0.3 is 6.09 Å². The molecule has 2 aliphatic heterocycles. The van der Waals surface area contributed by atoms with Crippen LogP contribution in [0.2, 0.25) is 0 Å². The molecule has 0 aliphatic carbocycles. The molecule has 26 heavy (non-hydrogen) atoms.